The van der Waals surface area contributed by atoms with E-state index in [1.807, 2.05) is 6.92 Å². The summed E-state index contributed by atoms with van der Waals surface area (Å²) in [7, 11) is 0. The average Bonchev–Trinajstić information content (AvgIpc) is 2.91. The van der Waals surface area contributed by atoms with E-state index in [1.54, 1.807) is 11.3 Å². The summed E-state index contributed by atoms with van der Waals surface area (Å²) in [6.07, 6.45) is 7.76. The second-order valence-electron chi connectivity index (χ2n) is 5.50. The minimum Gasteiger partial charge on any atom is -0.465 e. The first kappa shape index (κ1) is 15.5. The lowest BCUT2D eigenvalue weighted by molar-refractivity contribution is -0.152. The van der Waals surface area contributed by atoms with Crippen LogP contribution < -0.4 is 5.32 Å². The van der Waals surface area contributed by atoms with Crippen molar-refractivity contribution in [3.8, 4) is 0 Å². The van der Waals surface area contributed by atoms with Gasteiger partial charge in [-0.15, -0.1) is 11.3 Å². The zero-order chi connectivity index (χ0) is 14.3. The molecule has 0 amide bonds. The van der Waals surface area contributed by atoms with Gasteiger partial charge in [0.25, 0.3) is 0 Å². The minimum absolute atomic E-state index is 0.0570. The molecule has 1 aliphatic rings. The highest BCUT2D eigenvalue weighted by Crippen LogP contribution is 2.28. The van der Waals surface area contributed by atoms with E-state index in [0.29, 0.717) is 6.61 Å². The molecular formula is C16H25NO2S. The first-order chi connectivity index (χ1) is 9.77. The van der Waals surface area contributed by atoms with Crippen LogP contribution >= 0.6 is 11.3 Å². The zero-order valence-corrected chi connectivity index (χ0v) is 13.1. The SMILES string of the molecule is CCOC(=O)C1(NCc2cccs2)CCCCCCC1. The van der Waals surface area contributed by atoms with Crippen LogP contribution in [0.5, 0.6) is 0 Å². The van der Waals surface area contributed by atoms with Gasteiger partial charge in [-0.05, 0) is 31.2 Å². The van der Waals surface area contributed by atoms with E-state index in [0.717, 1.165) is 32.2 Å². The van der Waals surface area contributed by atoms with E-state index in [2.05, 4.69) is 22.8 Å². The molecule has 1 aromatic rings. The highest BCUT2D eigenvalue weighted by molar-refractivity contribution is 7.09. The van der Waals surface area contributed by atoms with Gasteiger partial charge in [-0.1, -0.05) is 38.2 Å². The van der Waals surface area contributed by atoms with Gasteiger partial charge in [0, 0.05) is 11.4 Å². The molecule has 4 heteroatoms. The molecular weight excluding hydrogens is 270 g/mol. The zero-order valence-electron chi connectivity index (χ0n) is 12.3. The molecule has 112 valence electrons. The Bertz CT molecular complexity index is 395. The Morgan fingerprint density at radius 2 is 2.00 bits per heavy atom. The summed E-state index contributed by atoms with van der Waals surface area (Å²) in [6.45, 7) is 3.10. The molecule has 3 nitrogen and oxygen atoms in total. The summed E-state index contributed by atoms with van der Waals surface area (Å²) in [4.78, 5) is 13.7. The fourth-order valence-corrected chi connectivity index (χ4v) is 3.55. The molecule has 1 N–H and O–H groups in total. The van der Waals surface area contributed by atoms with Crippen LogP contribution in [0.3, 0.4) is 0 Å². The Morgan fingerprint density at radius 3 is 2.60 bits per heavy atom. The van der Waals surface area contributed by atoms with E-state index in [-0.39, 0.29) is 5.97 Å². The Morgan fingerprint density at radius 1 is 1.30 bits per heavy atom. The third kappa shape index (κ3) is 4.06. The maximum absolute atomic E-state index is 12.5. The first-order valence-corrected chi connectivity index (χ1v) is 8.59. The molecule has 0 unspecified atom stereocenters. The van der Waals surface area contributed by atoms with Crippen molar-refractivity contribution < 1.29 is 9.53 Å². The standard InChI is InChI=1S/C16H25NO2S/c1-2-19-15(18)16(10-6-4-3-5-7-11-16)17-13-14-9-8-12-20-14/h8-9,12,17H,2-7,10-11,13H2,1H3. The molecule has 0 atom stereocenters. The predicted molar refractivity (Wildman–Crippen MR) is 82.8 cm³/mol. The quantitative estimate of drug-likeness (QED) is 0.838. The molecule has 1 aliphatic carbocycles. The summed E-state index contributed by atoms with van der Waals surface area (Å²) in [5.41, 5.74) is -0.472. The largest absolute Gasteiger partial charge is 0.465 e. The van der Waals surface area contributed by atoms with Crippen molar-refractivity contribution in [1.29, 1.82) is 0 Å². The van der Waals surface area contributed by atoms with Crippen LogP contribution in [0, 0.1) is 0 Å². The van der Waals surface area contributed by atoms with Gasteiger partial charge in [-0.2, -0.15) is 0 Å². The maximum Gasteiger partial charge on any atom is 0.326 e. The van der Waals surface area contributed by atoms with Crippen molar-refractivity contribution in [2.45, 2.75) is 64.0 Å². The van der Waals surface area contributed by atoms with Crippen LogP contribution in [0.1, 0.15) is 56.7 Å². The first-order valence-electron chi connectivity index (χ1n) is 7.71. The van der Waals surface area contributed by atoms with Gasteiger partial charge >= 0.3 is 5.97 Å². The number of carbonyl (C=O) groups excluding carboxylic acids is 1. The third-order valence-electron chi connectivity index (χ3n) is 4.05. The lowest BCUT2D eigenvalue weighted by atomic mass is 9.83. The van der Waals surface area contributed by atoms with Crippen molar-refractivity contribution in [2.75, 3.05) is 6.61 Å². The fourth-order valence-electron chi connectivity index (χ4n) is 2.90. The van der Waals surface area contributed by atoms with Gasteiger partial charge in [-0.25, -0.2) is 0 Å². The second kappa shape index (κ2) is 7.79. The molecule has 1 heterocycles. The summed E-state index contributed by atoms with van der Waals surface area (Å²) < 4.78 is 5.35. The van der Waals surface area contributed by atoms with E-state index < -0.39 is 5.54 Å². The molecule has 1 fully saturated rings. The van der Waals surface area contributed by atoms with E-state index in [9.17, 15) is 4.79 Å². The molecule has 1 saturated carbocycles. The van der Waals surface area contributed by atoms with Gasteiger partial charge in [0.15, 0.2) is 0 Å². The normalized spacial score (nSPS) is 19.1. The van der Waals surface area contributed by atoms with Gasteiger partial charge in [0.05, 0.1) is 6.61 Å². The van der Waals surface area contributed by atoms with Gasteiger partial charge in [0.2, 0.25) is 0 Å². The lowest BCUT2D eigenvalue weighted by Gasteiger charge is -2.34. The van der Waals surface area contributed by atoms with Gasteiger partial charge < -0.3 is 4.74 Å². The van der Waals surface area contributed by atoms with E-state index >= 15 is 0 Å². The van der Waals surface area contributed by atoms with Crippen molar-refractivity contribution in [2.24, 2.45) is 0 Å². The Kier molecular flexibility index (Phi) is 6.05. The number of ether oxygens (including phenoxy) is 1. The van der Waals surface area contributed by atoms with Crippen LogP contribution in [0.4, 0.5) is 0 Å². The third-order valence-corrected chi connectivity index (χ3v) is 4.93. The van der Waals surface area contributed by atoms with Crippen LogP contribution in [0.2, 0.25) is 0 Å². The Balaban J connectivity index is 2.06. The molecule has 0 saturated heterocycles. The van der Waals surface area contributed by atoms with Crippen LogP contribution in [-0.2, 0) is 16.1 Å². The number of hydrogen-bond donors (Lipinski definition) is 1. The minimum atomic E-state index is -0.472. The number of rotatable bonds is 5. The summed E-state index contributed by atoms with van der Waals surface area (Å²) >= 11 is 1.73. The fraction of sp³-hybridized carbons (Fsp3) is 0.688. The molecule has 2 rings (SSSR count). The summed E-state index contributed by atoms with van der Waals surface area (Å²) in [5, 5.41) is 5.60. The van der Waals surface area contributed by atoms with Gasteiger partial charge in [-0.3, -0.25) is 10.1 Å². The molecule has 0 spiro atoms. The average molecular weight is 295 g/mol. The number of nitrogens with one attached hydrogen (secondary N) is 1. The maximum atomic E-state index is 12.5. The van der Waals surface area contributed by atoms with Crippen LogP contribution in [0.15, 0.2) is 17.5 Å². The van der Waals surface area contributed by atoms with Crippen molar-refractivity contribution in [1.82, 2.24) is 5.32 Å². The lowest BCUT2D eigenvalue weighted by Crippen LogP contribution is -2.52. The summed E-state index contributed by atoms with van der Waals surface area (Å²) in [5.74, 6) is -0.0570. The smallest absolute Gasteiger partial charge is 0.326 e. The molecule has 0 aromatic carbocycles. The Labute approximate surface area is 125 Å². The number of carbonyl (C=O) groups is 1. The van der Waals surface area contributed by atoms with Crippen LogP contribution in [-0.4, -0.2) is 18.1 Å². The summed E-state index contributed by atoms with van der Waals surface area (Å²) in [6, 6.07) is 4.16. The van der Waals surface area contributed by atoms with Gasteiger partial charge in [0.1, 0.15) is 5.54 Å². The van der Waals surface area contributed by atoms with E-state index in [1.165, 1.54) is 24.1 Å². The molecule has 0 radical (unpaired) electrons. The number of hydrogen-bond acceptors (Lipinski definition) is 4. The molecule has 1 aromatic heterocycles. The second-order valence-corrected chi connectivity index (χ2v) is 6.54. The predicted octanol–water partition coefficient (Wildman–Crippen LogP) is 3.88. The van der Waals surface area contributed by atoms with Crippen LogP contribution in [0.25, 0.3) is 0 Å². The highest BCUT2D eigenvalue weighted by atomic mass is 32.1. The van der Waals surface area contributed by atoms with Crippen molar-refractivity contribution in [3.05, 3.63) is 22.4 Å². The molecule has 20 heavy (non-hydrogen) atoms. The highest BCUT2D eigenvalue weighted by Gasteiger charge is 2.38. The topological polar surface area (TPSA) is 38.3 Å². The Hall–Kier alpha value is -0.870. The molecule has 0 bridgehead atoms. The monoisotopic (exact) mass is 295 g/mol. The number of esters is 1. The van der Waals surface area contributed by atoms with Crippen molar-refractivity contribution >= 4 is 17.3 Å². The van der Waals surface area contributed by atoms with Crippen molar-refractivity contribution in [3.63, 3.8) is 0 Å². The number of thiophene rings is 1. The molecule has 0 aliphatic heterocycles. The van der Waals surface area contributed by atoms with E-state index in [4.69, 9.17) is 4.74 Å².